The number of carbonyl (C=O) groups is 3. The second kappa shape index (κ2) is 13.4. The predicted molar refractivity (Wildman–Crippen MR) is 140 cm³/mol. The van der Waals surface area contributed by atoms with Crippen LogP contribution in [0.2, 0.25) is 10.0 Å². The van der Waals surface area contributed by atoms with E-state index >= 15 is 0 Å². The molecular weight excluding hydrogens is 523 g/mol. The van der Waals surface area contributed by atoms with Crippen LogP contribution < -0.4 is 24.8 Å². The van der Waals surface area contributed by atoms with E-state index in [9.17, 15) is 14.4 Å². The topological polar surface area (TPSA) is 112 Å². The third-order valence-corrected chi connectivity index (χ3v) is 5.39. The number of halogens is 2. The first kappa shape index (κ1) is 27.6. The van der Waals surface area contributed by atoms with Gasteiger partial charge in [0.2, 0.25) is 5.91 Å². The maximum Gasteiger partial charge on any atom is 0.306 e. The number of ether oxygens (including phenoxy) is 4. The van der Waals surface area contributed by atoms with E-state index in [2.05, 4.69) is 10.6 Å². The minimum atomic E-state index is -0.685. The molecule has 3 aromatic rings. The molecule has 0 aliphatic heterocycles. The zero-order valence-electron chi connectivity index (χ0n) is 20.0. The van der Waals surface area contributed by atoms with Crippen LogP contribution in [0, 0.1) is 0 Å². The first-order valence-corrected chi connectivity index (χ1v) is 11.7. The van der Waals surface area contributed by atoms with Gasteiger partial charge in [-0.15, -0.1) is 0 Å². The van der Waals surface area contributed by atoms with Gasteiger partial charge in [-0.1, -0.05) is 23.2 Å². The van der Waals surface area contributed by atoms with Gasteiger partial charge in [0.15, 0.2) is 6.61 Å². The summed E-state index contributed by atoms with van der Waals surface area (Å²) in [6, 6.07) is 16.4. The van der Waals surface area contributed by atoms with Crippen molar-refractivity contribution in [3.8, 4) is 23.0 Å². The summed E-state index contributed by atoms with van der Waals surface area (Å²) in [6.45, 7) is -0.505. The molecule has 37 heavy (non-hydrogen) atoms. The summed E-state index contributed by atoms with van der Waals surface area (Å²) in [5.41, 5.74) is 0.914. The molecule has 194 valence electrons. The lowest BCUT2D eigenvalue weighted by Gasteiger charge is -2.12. The minimum Gasteiger partial charge on any atom is -0.497 e. The van der Waals surface area contributed by atoms with E-state index in [4.69, 9.17) is 42.1 Å². The van der Waals surface area contributed by atoms with Crippen molar-refractivity contribution in [3.05, 3.63) is 70.7 Å². The van der Waals surface area contributed by atoms with Crippen molar-refractivity contribution in [3.63, 3.8) is 0 Å². The third-order valence-electron chi connectivity index (χ3n) is 4.86. The van der Waals surface area contributed by atoms with Gasteiger partial charge in [0, 0.05) is 23.2 Å². The second-order valence-electron chi connectivity index (χ2n) is 7.52. The molecule has 0 aliphatic carbocycles. The van der Waals surface area contributed by atoms with E-state index in [0.29, 0.717) is 44.4 Å². The fraction of sp³-hybridized carbons (Fsp3) is 0.192. The number of methoxy groups -OCH3 is 2. The number of benzene rings is 3. The lowest BCUT2D eigenvalue weighted by Crippen LogP contribution is -2.22. The Morgan fingerprint density at radius 3 is 2.16 bits per heavy atom. The Hall–Kier alpha value is -3.95. The quantitative estimate of drug-likeness (QED) is 0.296. The summed E-state index contributed by atoms with van der Waals surface area (Å²) in [6.07, 6.45) is -0.313. The molecule has 0 bridgehead atoms. The van der Waals surface area contributed by atoms with Gasteiger partial charge in [0.05, 0.1) is 31.4 Å². The Kier molecular flexibility index (Phi) is 10.00. The van der Waals surface area contributed by atoms with Gasteiger partial charge in [0.25, 0.3) is 5.91 Å². The lowest BCUT2D eigenvalue weighted by atomic mass is 10.2. The third kappa shape index (κ3) is 8.59. The molecule has 11 heteroatoms. The molecule has 0 spiro atoms. The molecule has 3 rings (SSSR count). The normalized spacial score (nSPS) is 10.3. The maximum atomic E-state index is 12.2. The van der Waals surface area contributed by atoms with Gasteiger partial charge in [-0.25, -0.2) is 0 Å². The standard InChI is InChI=1S/C26H24Cl2N2O7/c1-34-19-8-9-21(23(14-19)35-2)30-25(32)15-36-26(33)12-11-24(31)29-17-4-6-18(7-5-17)37-22-10-3-16(27)13-20(22)28/h3-10,13-14H,11-12,15H2,1-2H3,(H,29,31)(H,30,32). The highest BCUT2D eigenvalue weighted by atomic mass is 35.5. The highest BCUT2D eigenvalue weighted by Gasteiger charge is 2.13. The van der Waals surface area contributed by atoms with E-state index in [1.807, 2.05) is 0 Å². The Morgan fingerprint density at radius 2 is 1.49 bits per heavy atom. The second-order valence-corrected chi connectivity index (χ2v) is 8.37. The van der Waals surface area contributed by atoms with Crippen LogP contribution in [0.15, 0.2) is 60.7 Å². The number of anilines is 2. The van der Waals surface area contributed by atoms with Gasteiger partial charge in [0.1, 0.15) is 23.0 Å². The molecule has 0 fully saturated rings. The molecule has 2 N–H and O–H groups in total. The van der Waals surface area contributed by atoms with E-state index in [0.717, 1.165) is 0 Å². The Morgan fingerprint density at radius 1 is 0.757 bits per heavy atom. The summed E-state index contributed by atoms with van der Waals surface area (Å²) in [4.78, 5) is 36.3. The highest BCUT2D eigenvalue weighted by molar-refractivity contribution is 6.35. The van der Waals surface area contributed by atoms with Crippen LogP contribution in [0.1, 0.15) is 12.8 Å². The van der Waals surface area contributed by atoms with Crippen LogP contribution in [-0.2, 0) is 19.1 Å². The summed E-state index contributed by atoms with van der Waals surface area (Å²) >= 11 is 12.0. The van der Waals surface area contributed by atoms with Gasteiger partial charge in [-0.05, 0) is 54.6 Å². The Balaban J connectivity index is 1.40. The fourth-order valence-corrected chi connectivity index (χ4v) is 3.48. The van der Waals surface area contributed by atoms with Crippen LogP contribution in [0.5, 0.6) is 23.0 Å². The first-order chi connectivity index (χ1) is 17.8. The predicted octanol–water partition coefficient (Wildman–Crippen LogP) is 5.70. The minimum absolute atomic E-state index is 0.120. The zero-order chi connectivity index (χ0) is 26.8. The summed E-state index contributed by atoms with van der Waals surface area (Å²) in [5.74, 6) is 0.281. The lowest BCUT2D eigenvalue weighted by molar-refractivity contribution is -0.147. The van der Waals surface area contributed by atoms with Crippen molar-refractivity contribution >= 4 is 52.4 Å². The Labute approximate surface area is 223 Å². The molecule has 0 heterocycles. The number of esters is 1. The van der Waals surface area contributed by atoms with Crippen LogP contribution >= 0.6 is 23.2 Å². The smallest absolute Gasteiger partial charge is 0.306 e. The van der Waals surface area contributed by atoms with Gasteiger partial charge in [-0.3, -0.25) is 14.4 Å². The number of carbonyl (C=O) groups excluding carboxylic acids is 3. The SMILES string of the molecule is COc1ccc(NC(=O)COC(=O)CCC(=O)Nc2ccc(Oc3ccc(Cl)cc3Cl)cc2)c(OC)c1. The average Bonchev–Trinajstić information content (AvgIpc) is 2.89. The largest absolute Gasteiger partial charge is 0.497 e. The van der Waals surface area contributed by atoms with Crippen LogP contribution in [0.25, 0.3) is 0 Å². The number of hydrogen-bond donors (Lipinski definition) is 2. The fourth-order valence-electron chi connectivity index (χ4n) is 3.04. The van der Waals surface area contributed by atoms with Crippen molar-refractivity contribution in [2.75, 3.05) is 31.5 Å². The average molecular weight is 547 g/mol. The van der Waals surface area contributed by atoms with Crippen molar-refractivity contribution in [2.45, 2.75) is 12.8 Å². The number of rotatable bonds is 11. The van der Waals surface area contributed by atoms with Gasteiger partial charge in [-0.2, -0.15) is 0 Å². The summed E-state index contributed by atoms with van der Waals surface area (Å²) in [5, 5.41) is 6.14. The van der Waals surface area contributed by atoms with E-state index in [1.165, 1.54) is 14.2 Å². The summed E-state index contributed by atoms with van der Waals surface area (Å²) < 4.78 is 21.0. The van der Waals surface area contributed by atoms with Gasteiger partial charge >= 0.3 is 5.97 Å². The molecule has 0 aromatic heterocycles. The molecule has 3 aromatic carbocycles. The van der Waals surface area contributed by atoms with Crippen LogP contribution in [0.3, 0.4) is 0 Å². The Bertz CT molecular complexity index is 1270. The molecule has 0 saturated carbocycles. The number of hydrogen-bond acceptors (Lipinski definition) is 7. The molecule has 0 radical (unpaired) electrons. The van der Waals surface area contributed by atoms with Crippen LogP contribution in [-0.4, -0.2) is 38.6 Å². The van der Waals surface area contributed by atoms with Crippen molar-refractivity contribution in [1.29, 1.82) is 0 Å². The molecule has 9 nitrogen and oxygen atoms in total. The van der Waals surface area contributed by atoms with E-state index in [-0.39, 0.29) is 12.8 Å². The van der Waals surface area contributed by atoms with Crippen molar-refractivity contribution in [1.82, 2.24) is 0 Å². The molecule has 0 atom stereocenters. The molecule has 0 saturated heterocycles. The summed E-state index contributed by atoms with van der Waals surface area (Å²) in [7, 11) is 2.97. The van der Waals surface area contributed by atoms with Crippen LogP contribution in [0.4, 0.5) is 11.4 Å². The molecular formula is C26H24Cl2N2O7. The maximum absolute atomic E-state index is 12.2. The van der Waals surface area contributed by atoms with Crippen molar-refractivity contribution in [2.24, 2.45) is 0 Å². The zero-order valence-corrected chi connectivity index (χ0v) is 21.5. The van der Waals surface area contributed by atoms with Gasteiger partial charge < -0.3 is 29.6 Å². The van der Waals surface area contributed by atoms with E-state index < -0.39 is 24.4 Å². The molecule has 0 aliphatic rings. The number of nitrogens with one attached hydrogen (secondary N) is 2. The first-order valence-electron chi connectivity index (χ1n) is 11.0. The molecule has 0 unspecified atom stereocenters. The number of amides is 2. The molecule has 2 amide bonds. The van der Waals surface area contributed by atoms with E-state index in [1.54, 1.807) is 60.7 Å². The monoisotopic (exact) mass is 546 g/mol. The van der Waals surface area contributed by atoms with Crippen molar-refractivity contribution < 1.29 is 33.3 Å². The highest BCUT2D eigenvalue weighted by Crippen LogP contribution is 2.32.